The van der Waals surface area contributed by atoms with Gasteiger partial charge in [-0.25, -0.2) is 15.2 Å². The highest BCUT2D eigenvalue weighted by molar-refractivity contribution is 6.02. The first-order valence-corrected chi connectivity index (χ1v) is 10.1. The minimum absolute atomic E-state index is 0.0790. The molecule has 10 heteroatoms. The summed E-state index contributed by atoms with van der Waals surface area (Å²) in [7, 11) is 1.49. The van der Waals surface area contributed by atoms with Crippen LogP contribution >= 0.6 is 0 Å². The highest BCUT2D eigenvalue weighted by Gasteiger charge is 2.16. The number of hydrogen-bond donors (Lipinski definition) is 5. The average molecular weight is 444 g/mol. The van der Waals surface area contributed by atoms with E-state index in [-0.39, 0.29) is 23.4 Å². The second-order valence-electron chi connectivity index (χ2n) is 6.92. The van der Waals surface area contributed by atoms with E-state index in [2.05, 4.69) is 20.9 Å². The van der Waals surface area contributed by atoms with Crippen LogP contribution in [0.1, 0.15) is 38.3 Å². The topological polar surface area (TPSA) is 134 Å². The van der Waals surface area contributed by atoms with Gasteiger partial charge in [0.25, 0.3) is 0 Å². The third kappa shape index (κ3) is 5.96. The molecular formula is C22H30FN7O2. The molecule has 1 atom stereocenters. The third-order valence-electron chi connectivity index (χ3n) is 4.90. The average Bonchev–Trinajstić information content (AvgIpc) is 2.81. The number of halogens is 1. The van der Waals surface area contributed by atoms with Crippen molar-refractivity contribution in [3.63, 3.8) is 0 Å². The lowest BCUT2D eigenvalue weighted by Crippen LogP contribution is -2.32. The first-order chi connectivity index (χ1) is 15.4. The van der Waals surface area contributed by atoms with Gasteiger partial charge in [0.2, 0.25) is 0 Å². The number of rotatable bonds is 9. The van der Waals surface area contributed by atoms with E-state index in [1.165, 1.54) is 19.2 Å². The minimum atomic E-state index is -0.322. The Labute approximate surface area is 187 Å². The Kier molecular flexibility index (Phi) is 8.99. The van der Waals surface area contributed by atoms with Crippen molar-refractivity contribution in [2.24, 2.45) is 27.7 Å². The summed E-state index contributed by atoms with van der Waals surface area (Å²) < 4.78 is 18.8. The highest BCUT2D eigenvalue weighted by Crippen LogP contribution is 2.27. The molecule has 0 fully saturated rings. The first kappa shape index (κ1) is 24.6. The fourth-order valence-electron chi connectivity index (χ4n) is 2.93. The first-order valence-electron chi connectivity index (χ1n) is 10.1. The molecular weight excluding hydrogens is 413 g/mol. The lowest BCUT2D eigenvalue weighted by Gasteiger charge is -2.22. The standard InChI is InChI=1S/C22H30FN7O2/c1-5-14(3)21(15-7-10-17(23)11-8-15)26-20(6-2)30(31)29-18-12-9-16(13-19(18)32-4)22(27-24)28-25/h6-14,29,31H,5,24-25H2,1-4H3,(H,27,28)/b20-6+,26-21+. The monoisotopic (exact) mass is 443 g/mol. The van der Waals surface area contributed by atoms with E-state index < -0.39 is 0 Å². The van der Waals surface area contributed by atoms with E-state index in [1.807, 2.05) is 13.8 Å². The Morgan fingerprint density at radius 2 is 1.91 bits per heavy atom. The Morgan fingerprint density at radius 1 is 1.25 bits per heavy atom. The molecule has 2 rings (SSSR count). The SMILES string of the molecule is C/C=C(\N=C(\c1ccc(F)cc1)C(C)CC)N(O)Nc1ccc(/C(=N/N)NN)cc1OC. The minimum Gasteiger partial charge on any atom is -0.494 e. The van der Waals surface area contributed by atoms with Crippen molar-refractivity contribution in [1.82, 2.24) is 10.6 Å². The number of allylic oxidation sites excluding steroid dienone is 1. The normalized spacial score (nSPS) is 13.5. The molecule has 0 radical (unpaired) electrons. The highest BCUT2D eigenvalue weighted by atomic mass is 19.1. The van der Waals surface area contributed by atoms with Crippen molar-refractivity contribution < 1.29 is 14.3 Å². The van der Waals surface area contributed by atoms with Gasteiger partial charge in [0.1, 0.15) is 11.6 Å². The fraction of sp³-hybridized carbons (Fsp3) is 0.273. The number of anilines is 1. The van der Waals surface area contributed by atoms with Crippen molar-refractivity contribution in [3.8, 4) is 5.75 Å². The summed E-state index contributed by atoms with van der Waals surface area (Å²) in [6.07, 6.45) is 2.47. The lowest BCUT2D eigenvalue weighted by atomic mass is 9.96. The molecule has 0 bridgehead atoms. The molecule has 1 unspecified atom stereocenters. The fourth-order valence-corrected chi connectivity index (χ4v) is 2.93. The molecule has 0 aliphatic heterocycles. The van der Waals surface area contributed by atoms with Crippen molar-refractivity contribution in [1.29, 1.82) is 0 Å². The molecule has 0 saturated carbocycles. The molecule has 0 spiro atoms. The van der Waals surface area contributed by atoms with Gasteiger partial charge < -0.3 is 16.0 Å². The van der Waals surface area contributed by atoms with E-state index in [0.29, 0.717) is 17.0 Å². The third-order valence-corrected chi connectivity index (χ3v) is 4.90. The number of hydroxylamine groups is 1. The maximum atomic E-state index is 13.4. The molecule has 0 heterocycles. The van der Waals surface area contributed by atoms with Crippen molar-refractivity contribution in [2.75, 3.05) is 12.5 Å². The summed E-state index contributed by atoms with van der Waals surface area (Å²) in [6.45, 7) is 5.81. The van der Waals surface area contributed by atoms with E-state index in [9.17, 15) is 9.60 Å². The zero-order valence-electron chi connectivity index (χ0n) is 18.6. The van der Waals surface area contributed by atoms with Gasteiger partial charge in [0.15, 0.2) is 11.7 Å². The van der Waals surface area contributed by atoms with Gasteiger partial charge in [-0.2, -0.15) is 5.10 Å². The number of benzene rings is 2. The molecule has 0 amide bonds. The summed E-state index contributed by atoms with van der Waals surface area (Å²) in [5.41, 5.74) is 7.81. The maximum Gasteiger partial charge on any atom is 0.172 e. The number of hydrogen-bond acceptors (Lipinski definition) is 8. The molecule has 0 aliphatic carbocycles. The number of methoxy groups -OCH3 is 1. The Morgan fingerprint density at radius 3 is 2.44 bits per heavy atom. The zero-order valence-corrected chi connectivity index (χ0v) is 18.6. The van der Waals surface area contributed by atoms with Gasteiger partial charge in [0, 0.05) is 5.56 Å². The van der Waals surface area contributed by atoms with Crippen LogP contribution in [0.4, 0.5) is 10.1 Å². The zero-order chi connectivity index (χ0) is 23.7. The second kappa shape index (κ2) is 11.7. The number of nitrogens with zero attached hydrogens (tertiary/aromatic N) is 3. The smallest absolute Gasteiger partial charge is 0.172 e. The van der Waals surface area contributed by atoms with Gasteiger partial charge in [-0.1, -0.05) is 26.0 Å². The summed E-state index contributed by atoms with van der Waals surface area (Å²) in [6, 6.07) is 11.2. The van der Waals surface area contributed by atoms with Gasteiger partial charge in [-0.3, -0.25) is 10.6 Å². The number of ether oxygens (including phenoxy) is 1. The van der Waals surface area contributed by atoms with Crippen LogP contribution in [0.15, 0.2) is 64.5 Å². The largest absolute Gasteiger partial charge is 0.494 e. The maximum absolute atomic E-state index is 13.4. The molecule has 7 N–H and O–H groups in total. The number of aliphatic imine (C=N–C) groups is 1. The second-order valence-corrected chi connectivity index (χ2v) is 6.92. The van der Waals surface area contributed by atoms with Crippen LogP contribution < -0.4 is 27.3 Å². The van der Waals surface area contributed by atoms with Crippen LogP contribution in [0.2, 0.25) is 0 Å². The van der Waals surface area contributed by atoms with Crippen LogP contribution in [0.25, 0.3) is 0 Å². The Balaban J connectivity index is 2.35. The molecule has 172 valence electrons. The number of nitrogens with two attached hydrogens (primary N) is 2. The predicted octanol–water partition coefficient (Wildman–Crippen LogP) is 3.33. The van der Waals surface area contributed by atoms with Crippen LogP contribution in [0.3, 0.4) is 0 Å². The predicted molar refractivity (Wildman–Crippen MR) is 124 cm³/mol. The number of nitrogens with one attached hydrogen (secondary N) is 2. The van der Waals surface area contributed by atoms with Gasteiger partial charge in [-0.05, 0) is 61.2 Å². The van der Waals surface area contributed by atoms with Crippen molar-refractivity contribution in [2.45, 2.75) is 27.2 Å². The lowest BCUT2D eigenvalue weighted by molar-refractivity contribution is -0.0307. The number of hydrazone groups is 1. The van der Waals surface area contributed by atoms with Gasteiger partial charge in [-0.15, -0.1) is 5.17 Å². The van der Waals surface area contributed by atoms with E-state index in [4.69, 9.17) is 16.4 Å². The molecule has 9 nitrogen and oxygen atoms in total. The summed E-state index contributed by atoms with van der Waals surface area (Å²) in [4.78, 5) is 4.65. The molecule has 0 aromatic heterocycles. The molecule has 2 aromatic rings. The Bertz CT molecular complexity index is 990. The van der Waals surface area contributed by atoms with Gasteiger partial charge in [0.05, 0.1) is 18.5 Å². The van der Waals surface area contributed by atoms with Crippen LogP contribution in [0.5, 0.6) is 5.75 Å². The molecule has 0 aliphatic rings. The summed E-state index contributed by atoms with van der Waals surface area (Å²) >= 11 is 0. The van der Waals surface area contributed by atoms with Crippen LogP contribution in [-0.4, -0.2) is 29.0 Å². The van der Waals surface area contributed by atoms with Gasteiger partial charge >= 0.3 is 0 Å². The number of hydrazine groups is 2. The number of amidine groups is 1. The van der Waals surface area contributed by atoms with Crippen LogP contribution in [-0.2, 0) is 0 Å². The Hall–Kier alpha value is -3.63. The molecule has 0 saturated heterocycles. The van der Waals surface area contributed by atoms with Crippen LogP contribution in [0, 0.1) is 11.7 Å². The van der Waals surface area contributed by atoms with E-state index in [1.54, 1.807) is 43.3 Å². The summed E-state index contributed by atoms with van der Waals surface area (Å²) in [5.74, 6) is 11.4. The van der Waals surface area contributed by atoms with Crippen molar-refractivity contribution >= 4 is 17.2 Å². The molecule has 2 aromatic carbocycles. The molecule has 32 heavy (non-hydrogen) atoms. The quantitative estimate of drug-likeness (QED) is 0.174. The summed E-state index contributed by atoms with van der Waals surface area (Å²) in [5, 5.41) is 15.1. The van der Waals surface area contributed by atoms with Crippen molar-refractivity contribution in [3.05, 3.63) is 71.3 Å². The van der Waals surface area contributed by atoms with E-state index >= 15 is 0 Å². The van der Waals surface area contributed by atoms with E-state index in [0.717, 1.165) is 22.9 Å².